The minimum absolute atomic E-state index is 0.0493. The number of nitrogens with one attached hydrogen (secondary N) is 2. The molecule has 1 aromatic carbocycles. The van der Waals surface area contributed by atoms with E-state index in [1.807, 2.05) is 32.0 Å². The highest BCUT2D eigenvalue weighted by atomic mass is 16.5. The second-order valence-electron chi connectivity index (χ2n) is 5.36. The van der Waals surface area contributed by atoms with Crippen molar-refractivity contribution in [1.82, 2.24) is 10.6 Å². The van der Waals surface area contributed by atoms with Crippen LogP contribution in [0.4, 0.5) is 0 Å². The molecular formula is C14H20N2O2. The molecule has 1 aliphatic rings. The summed E-state index contributed by atoms with van der Waals surface area (Å²) in [6.45, 7) is 6.13. The number of fused-ring (bicyclic) bond motifs is 1. The van der Waals surface area contributed by atoms with Crippen LogP contribution in [0.2, 0.25) is 0 Å². The van der Waals surface area contributed by atoms with E-state index in [2.05, 4.69) is 10.6 Å². The number of amides is 1. The van der Waals surface area contributed by atoms with Crippen molar-refractivity contribution in [3.05, 3.63) is 34.9 Å². The maximum Gasteiger partial charge on any atom is 0.251 e. The fourth-order valence-electron chi connectivity index (χ4n) is 2.21. The Kier molecular flexibility index (Phi) is 3.68. The number of ether oxygens (including phenoxy) is 1. The Labute approximate surface area is 108 Å². The van der Waals surface area contributed by atoms with Gasteiger partial charge >= 0.3 is 0 Å². The standard InChI is InChI=1S/C14H20N2O2/c1-14(2,9-18-3)16-13(17)10-4-5-11-7-15-8-12(11)6-10/h4-6,15H,7-9H2,1-3H3,(H,16,17). The first-order valence-corrected chi connectivity index (χ1v) is 6.16. The molecule has 0 spiro atoms. The molecule has 1 aliphatic heterocycles. The van der Waals surface area contributed by atoms with Crippen LogP contribution >= 0.6 is 0 Å². The number of benzene rings is 1. The summed E-state index contributed by atoms with van der Waals surface area (Å²) in [6, 6.07) is 5.87. The molecule has 2 rings (SSSR count). The van der Waals surface area contributed by atoms with Crippen LogP contribution in [0.5, 0.6) is 0 Å². The van der Waals surface area contributed by atoms with E-state index < -0.39 is 0 Å². The molecule has 0 saturated heterocycles. The van der Waals surface area contributed by atoms with Crippen molar-refractivity contribution in [2.45, 2.75) is 32.5 Å². The van der Waals surface area contributed by atoms with Gasteiger partial charge in [0.1, 0.15) is 0 Å². The van der Waals surface area contributed by atoms with E-state index in [0.717, 1.165) is 13.1 Å². The van der Waals surface area contributed by atoms with Gasteiger partial charge in [-0.15, -0.1) is 0 Å². The molecule has 1 heterocycles. The quantitative estimate of drug-likeness (QED) is 0.848. The summed E-state index contributed by atoms with van der Waals surface area (Å²) in [5.41, 5.74) is 2.85. The van der Waals surface area contributed by atoms with Gasteiger partial charge in [0, 0.05) is 25.8 Å². The van der Waals surface area contributed by atoms with Gasteiger partial charge in [-0.1, -0.05) is 6.07 Å². The van der Waals surface area contributed by atoms with Crippen molar-refractivity contribution < 1.29 is 9.53 Å². The van der Waals surface area contributed by atoms with Gasteiger partial charge in [-0.05, 0) is 37.1 Å². The Morgan fingerprint density at radius 3 is 2.83 bits per heavy atom. The molecule has 4 nitrogen and oxygen atoms in total. The number of hydrogen-bond donors (Lipinski definition) is 2. The molecule has 0 saturated carbocycles. The topological polar surface area (TPSA) is 50.4 Å². The van der Waals surface area contributed by atoms with Crippen LogP contribution < -0.4 is 10.6 Å². The van der Waals surface area contributed by atoms with Crippen molar-refractivity contribution >= 4 is 5.91 Å². The lowest BCUT2D eigenvalue weighted by molar-refractivity contribution is 0.0820. The maximum absolute atomic E-state index is 12.1. The third-order valence-corrected chi connectivity index (χ3v) is 3.06. The average Bonchev–Trinajstić information content (AvgIpc) is 2.74. The molecule has 1 aromatic rings. The highest BCUT2D eigenvalue weighted by Crippen LogP contribution is 2.17. The summed E-state index contributed by atoms with van der Waals surface area (Å²) in [5.74, 6) is -0.0493. The van der Waals surface area contributed by atoms with Gasteiger partial charge in [0.2, 0.25) is 0 Å². The zero-order chi connectivity index (χ0) is 13.2. The fourth-order valence-corrected chi connectivity index (χ4v) is 2.21. The lowest BCUT2D eigenvalue weighted by Crippen LogP contribution is -2.46. The van der Waals surface area contributed by atoms with E-state index in [1.165, 1.54) is 11.1 Å². The number of carbonyl (C=O) groups is 1. The summed E-state index contributed by atoms with van der Waals surface area (Å²) in [4.78, 5) is 12.1. The average molecular weight is 248 g/mol. The predicted molar refractivity (Wildman–Crippen MR) is 70.4 cm³/mol. The Hall–Kier alpha value is -1.39. The molecule has 0 unspecified atom stereocenters. The minimum atomic E-state index is -0.358. The van der Waals surface area contributed by atoms with E-state index >= 15 is 0 Å². The highest BCUT2D eigenvalue weighted by molar-refractivity contribution is 5.95. The van der Waals surface area contributed by atoms with Gasteiger partial charge in [0.15, 0.2) is 0 Å². The van der Waals surface area contributed by atoms with E-state index in [9.17, 15) is 4.79 Å². The van der Waals surface area contributed by atoms with Crippen LogP contribution in [0.25, 0.3) is 0 Å². The summed E-state index contributed by atoms with van der Waals surface area (Å²) < 4.78 is 5.09. The molecule has 0 atom stereocenters. The van der Waals surface area contributed by atoms with E-state index in [4.69, 9.17) is 4.74 Å². The number of carbonyl (C=O) groups excluding carboxylic acids is 1. The van der Waals surface area contributed by atoms with Crippen LogP contribution in [0, 0.1) is 0 Å². The van der Waals surface area contributed by atoms with Crippen LogP contribution in [-0.4, -0.2) is 25.2 Å². The lowest BCUT2D eigenvalue weighted by Gasteiger charge is -2.25. The second kappa shape index (κ2) is 5.08. The van der Waals surface area contributed by atoms with E-state index in [1.54, 1.807) is 7.11 Å². The van der Waals surface area contributed by atoms with Crippen molar-refractivity contribution in [2.75, 3.05) is 13.7 Å². The SMILES string of the molecule is COCC(C)(C)NC(=O)c1ccc2c(c1)CNC2. The van der Waals surface area contributed by atoms with Crippen molar-refractivity contribution in [3.63, 3.8) is 0 Å². The fraction of sp³-hybridized carbons (Fsp3) is 0.500. The Bertz CT molecular complexity index is 455. The van der Waals surface area contributed by atoms with Gasteiger partial charge in [-0.3, -0.25) is 4.79 Å². The Morgan fingerprint density at radius 2 is 2.11 bits per heavy atom. The van der Waals surface area contributed by atoms with Gasteiger partial charge < -0.3 is 15.4 Å². The molecule has 0 fully saturated rings. The second-order valence-corrected chi connectivity index (χ2v) is 5.36. The lowest BCUT2D eigenvalue weighted by atomic mass is 10.0. The molecule has 98 valence electrons. The molecule has 0 bridgehead atoms. The first-order chi connectivity index (χ1) is 8.52. The van der Waals surface area contributed by atoms with Crippen LogP contribution in [0.3, 0.4) is 0 Å². The molecule has 0 aromatic heterocycles. The van der Waals surface area contributed by atoms with Crippen molar-refractivity contribution in [2.24, 2.45) is 0 Å². The van der Waals surface area contributed by atoms with Gasteiger partial charge in [-0.25, -0.2) is 0 Å². The monoisotopic (exact) mass is 248 g/mol. The first kappa shape index (κ1) is 13.1. The van der Waals surface area contributed by atoms with Crippen molar-refractivity contribution in [1.29, 1.82) is 0 Å². The molecule has 0 radical (unpaired) electrons. The smallest absolute Gasteiger partial charge is 0.251 e. The Balaban J connectivity index is 2.10. The summed E-state index contributed by atoms with van der Waals surface area (Å²) in [7, 11) is 1.63. The molecule has 0 aliphatic carbocycles. The zero-order valence-corrected chi connectivity index (χ0v) is 11.2. The van der Waals surface area contributed by atoms with Gasteiger partial charge in [0.25, 0.3) is 5.91 Å². The largest absolute Gasteiger partial charge is 0.382 e. The Morgan fingerprint density at radius 1 is 1.39 bits per heavy atom. The predicted octanol–water partition coefficient (Wildman–Crippen LogP) is 1.44. The number of methoxy groups -OCH3 is 1. The minimum Gasteiger partial charge on any atom is -0.382 e. The highest BCUT2D eigenvalue weighted by Gasteiger charge is 2.21. The zero-order valence-electron chi connectivity index (χ0n) is 11.2. The number of hydrogen-bond acceptors (Lipinski definition) is 3. The van der Waals surface area contributed by atoms with Gasteiger partial charge in [0.05, 0.1) is 12.1 Å². The number of rotatable bonds is 4. The molecule has 2 N–H and O–H groups in total. The molecule has 18 heavy (non-hydrogen) atoms. The van der Waals surface area contributed by atoms with Crippen LogP contribution in [-0.2, 0) is 17.8 Å². The van der Waals surface area contributed by atoms with Crippen LogP contribution in [0.1, 0.15) is 35.3 Å². The molecule has 4 heteroatoms. The molecular weight excluding hydrogens is 228 g/mol. The van der Waals surface area contributed by atoms with E-state index in [0.29, 0.717) is 12.2 Å². The third kappa shape index (κ3) is 2.89. The maximum atomic E-state index is 12.1. The summed E-state index contributed by atoms with van der Waals surface area (Å²) in [6.07, 6.45) is 0. The summed E-state index contributed by atoms with van der Waals surface area (Å²) >= 11 is 0. The first-order valence-electron chi connectivity index (χ1n) is 6.16. The van der Waals surface area contributed by atoms with Crippen molar-refractivity contribution in [3.8, 4) is 0 Å². The van der Waals surface area contributed by atoms with Crippen LogP contribution in [0.15, 0.2) is 18.2 Å². The molecule has 1 amide bonds. The third-order valence-electron chi connectivity index (χ3n) is 3.06. The normalized spacial score (nSPS) is 14.4. The van der Waals surface area contributed by atoms with E-state index in [-0.39, 0.29) is 11.4 Å². The van der Waals surface area contributed by atoms with Gasteiger partial charge in [-0.2, -0.15) is 0 Å². The summed E-state index contributed by atoms with van der Waals surface area (Å²) in [5, 5.41) is 6.25.